The predicted octanol–water partition coefficient (Wildman–Crippen LogP) is 1.97. The first-order valence-electron chi connectivity index (χ1n) is 6.11. The third kappa shape index (κ3) is 3.13. The minimum atomic E-state index is -3.06. The summed E-state index contributed by atoms with van der Waals surface area (Å²) in [5.41, 5.74) is 0.427. The number of aryl methyl sites for hydroxylation is 1. The van der Waals surface area contributed by atoms with Crippen LogP contribution in [0.3, 0.4) is 0 Å². The number of hydrogen-bond donors (Lipinski definition) is 0. The molecule has 0 spiro atoms. The number of aromatic nitrogens is 3. The Balaban J connectivity index is 2.57. The number of esters is 1. The van der Waals surface area contributed by atoms with E-state index in [-0.39, 0.29) is 17.1 Å². The van der Waals surface area contributed by atoms with Gasteiger partial charge in [0.1, 0.15) is 11.4 Å². The van der Waals surface area contributed by atoms with Gasteiger partial charge in [-0.25, -0.2) is 4.79 Å². The van der Waals surface area contributed by atoms with Crippen LogP contribution in [-0.4, -0.2) is 41.6 Å². The Hall–Kier alpha value is -2.71. The van der Waals surface area contributed by atoms with E-state index in [0.29, 0.717) is 5.75 Å². The van der Waals surface area contributed by atoms with Crippen molar-refractivity contribution in [3.05, 3.63) is 29.6 Å². The van der Waals surface area contributed by atoms with E-state index in [0.717, 1.165) is 4.68 Å². The van der Waals surface area contributed by atoms with Crippen molar-refractivity contribution < 1.29 is 27.8 Å². The van der Waals surface area contributed by atoms with Gasteiger partial charge in [-0.05, 0) is 25.1 Å². The molecule has 1 aromatic carbocycles. The second kappa shape index (κ2) is 6.37. The van der Waals surface area contributed by atoms with Crippen molar-refractivity contribution in [1.82, 2.24) is 14.8 Å². The second-order valence-corrected chi connectivity index (χ2v) is 4.11. The van der Waals surface area contributed by atoms with Gasteiger partial charge < -0.3 is 14.2 Å². The first-order valence-corrected chi connectivity index (χ1v) is 6.11. The molecule has 0 saturated heterocycles. The fraction of sp³-hybridized carbons (Fsp3) is 0.308. The van der Waals surface area contributed by atoms with Gasteiger partial charge in [-0.3, -0.25) is 0 Å². The van der Waals surface area contributed by atoms with Crippen molar-refractivity contribution in [2.75, 3.05) is 14.2 Å². The highest BCUT2D eigenvalue weighted by Gasteiger charge is 2.19. The molecule has 0 aliphatic heterocycles. The Kier molecular flexibility index (Phi) is 4.54. The largest absolute Gasteiger partial charge is 0.494 e. The van der Waals surface area contributed by atoms with Crippen molar-refractivity contribution in [3.63, 3.8) is 0 Å². The van der Waals surface area contributed by atoms with Gasteiger partial charge in [0.25, 0.3) is 0 Å². The first-order chi connectivity index (χ1) is 10.5. The van der Waals surface area contributed by atoms with Gasteiger partial charge >= 0.3 is 18.6 Å². The van der Waals surface area contributed by atoms with E-state index >= 15 is 0 Å². The molecule has 0 amide bonds. The number of alkyl halides is 2. The normalized spacial score (nSPS) is 10.6. The van der Waals surface area contributed by atoms with Gasteiger partial charge in [0.05, 0.1) is 19.8 Å². The van der Waals surface area contributed by atoms with Crippen LogP contribution in [0.5, 0.6) is 11.8 Å². The third-order valence-corrected chi connectivity index (χ3v) is 2.71. The summed E-state index contributed by atoms with van der Waals surface area (Å²) in [5.74, 6) is -0.0603. The summed E-state index contributed by atoms with van der Waals surface area (Å²) < 4.78 is 40.1. The summed E-state index contributed by atoms with van der Waals surface area (Å²) in [6, 6.07) is 3.95. The molecule has 22 heavy (non-hydrogen) atoms. The number of carbonyl (C=O) groups excluding carboxylic acids is 1. The van der Waals surface area contributed by atoms with Gasteiger partial charge in [0.15, 0.2) is 5.82 Å². The van der Waals surface area contributed by atoms with Crippen LogP contribution >= 0.6 is 0 Å². The number of benzene rings is 1. The summed E-state index contributed by atoms with van der Waals surface area (Å²) in [7, 11) is 2.63. The molecule has 118 valence electrons. The first kappa shape index (κ1) is 15.7. The van der Waals surface area contributed by atoms with E-state index in [2.05, 4.69) is 19.6 Å². The molecule has 0 radical (unpaired) electrons. The standard InChI is InChI=1S/C13H13F2N3O4/c1-7-16-13(22-12(14)15)18(17-7)9-6-8(11(19)21-3)4-5-10(9)20-2/h4-6,12H,1-3H3. The number of methoxy groups -OCH3 is 2. The summed E-state index contributed by atoms with van der Waals surface area (Å²) in [4.78, 5) is 15.4. The molecule has 2 aromatic rings. The van der Waals surface area contributed by atoms with Gasteiger partial charge in [-0.2, -0.15) is 18.4 Å². The molecule has 9 heteroatoms. The number of rotatable bonds is 5. The van der Waals surface area contributed by atoms with Crippen LogP contribution in [0, 0.1) is 6.92 Å². The minimum absolute atomic E-state index is 0.203. The molecule has 1 aromatic heterocycles. The molecule has 1 heterocycles. The van der Waals surface area contributed by atoms with E-state index in [1.54, 1.807) is 0 Å². The van der Waals surface area contributed by atoms with Crippen LogP contribution in [0.2, 0.25) is 0 Å². The van der Waals surface area contributed by atoms with Gasteiger partial charge in [0.2, 0.25) is 0 Å². The minimum Gasteiger partial charge on any atom is -0.494 e. The van der Waals surface area contributed by atoms with Crippen LogP contribution in [0.15, 0.2) is 18.2 Å². The van der Waals surface area contributed by atoms with Crippen molar-refractivity contribution in [2.24, 2.45) is 0 Å². The lowest BCUT2D eigenvalue weighted by Crippen LogP contribution is -2.10. The van der Waals surface area contributed by atoms with Crippen molar-refractivity contribution in [3.8, 4) is 17.4 Å². The Morgan fingerprint density at radius 3 is 2.64 bits per heavy atom. The molecule has 0 atom stereocenters. The summed E-state index contributed by atoms with van der Waals surface area (Å²) in [6.45, 7) is -1.54. The zero-order valence-corrected chi connectivity index (χ0v) is 12.0. The third-order valence-electron chi connectivity index (χ3n) is 2.71. The zero-order chi connectivity index (χ0) is 16.3. The summed E-state index contributed by atoms with van der Waals surface area (Å²) in [6.07, 6.45) is 0. The van der Waals surface area contributed by atoms with Crippen LogP contribution in [0.4, 0.5) is 8.78 Å². The highest BCUT2D eigenvalue weighted by Crippen LogP contribution is 2.27. The average molecular weight is 313 g/mol. The molecule has 7 nitrogen and oxygen atoms in total. The van der Waals surface area contributed by atoms with Crippen LogP contribution in [0.25, 0.3) is 5.69 Å². The van der Waals surface area contributed by atoms with Crippen molar-refractivity contribution in [1.29, 1.82) is 0 Å². The molecular weight excluding hydrogens is 300 g/mol. The maximum Gasteiger partial charge on any atom is 0.389 e. The second-order valence-electron chi connectivity index (χ2n) is 4.11. The molecule has 0 N–H and O–H groups in total. The lowest BCUT2D eigenvalue weighted by Gasteiger charge is -2.11. The number of nitrogens with zero attached hydrogens (tertiary/aromatic N) is 3. The van der Waals surface area contributed by atoms with E-state index in [4.69, 9.17) is 4.74 Å². The Morgan fingerprint density at radius 2 is 2.05 bits per heavy atom. The van der Waals surface area contributed by atoms with E-state index in [1.165, 1.54) is 39.3 Å². The van der Waals surface area contributed by atoms with Crippen LogP contribution in [-0.2, 0) is 4.74 Å². The molecule has 0 bridgehead atoms. The number of carbonyl (C=O) groups is 1. The van der Waals surface area contributed by atoms with Crippen molar-refractivity contribution in [2.45, 2.75) is 13.5 Å². The van der Waals surface area contributed by atoms with Gasteiger partial charge in [-0.1, -0.05) is 0 Å². The smallest absolute Gasteiger partial charge is 0.389 e. The average Bonchev–Trinajstić information content (AvgIpc) is 2.85. The Labute approximate surface area is 124 Å². The van der Waals surface area contributed by atoms with E-state index < -0.39 is 18.6 Å². The van der Waals surface area contributed by atoms with Gasteiger partial charge in [0, 0.05) is 0 Å². The van der Waals surface area contributed by atoms with Crippen molar-refractivity contribution >= 4 is 5.97 Å². The molecule has 0 saturated carbocycles. The number of hydrogen-bond acceptors (Lipinski definition) is 6. The maximum absolute atomic E-state index is 12.5. The Bertz CT molecular complexity index is 688. The van der Waals surface area contributed by atoms with Crippen LogP contribution in [0.1, 0.15) is 16.2 Å². The van der Waals surface area contributed by atoms with E-state index in [1.807, 2.05) is 0 Å². The van der Waals surface area contributed by atoms with Crippen LogP contribution < -0.4 is 9.47 Å². The maximum atomic E-state index is 12.5. The monoisotopic (exact) mass is 313 g/mol. The highest BCUT2D eigenvalue weighted by atomic mass is 19.3. The number of ether oxygens (including phenoxy) is 3. The molecule has 0 aliphatic rings. The van der Waals surface area contributed by atoms with Gasteiger partial charge in [-0.15, -0.1) is 5.10 Å². The Morgan fingerprint density at radius 1 is 1.32 bits per heavy atom. The van der Waals surface area contributed by atoms with E-state index in [9.17, 15) is 13.6 Å². The molecule has 2 rings (SSSR count). The summed E-state index contributed by atoms with van der Waals surface area (Å²) in [5, 5.41) is 3.98. The molecule has 0 unspecified atom stereocenters. The molecule has 0 aliphatic carbocycles. The fourth-order valence-corrected chi connectivity index (χ4v) is 1.81. The lowest BCUT2D eigenvalue weighted by atomic mass is 10.2. The SMILES string of the molecule is COC(=O)c1ccc(OC)c(-n2nc(C)nc2OC(F)F)c1. The number of halogens is 2. The molecule has 0 fully saturated rings. The fourth-order valence-electron chi connectivity index (χ4n) is 1.81. The quantitative estimate of drug-likeness (QED) is 0.786. The highest BCUT2D eigenvalue weighted by molar-refractivity contribution is 5.90. The topological polar surface area (TPSA) is 75.5 Å². The summed E-state index contributed by atoms with van der Waals surface area (Å²) >= 11 is 0. The zero-order valence-electron chi connectivity index (χ0n) is 12.0. The molecular formula is C13H13F2N3O4. The lowest BCUT2D eigenvalue weighted by molar-refractivity contribution is -0.0575. The predicted molar refractivity (Wildman–Crippen MR) is 70.6 cm³/mol.